The minimum Gasteiger partial charge on any atom is -0.267 e. The van der Waals surface area contributed by atoms with Gasteiger partial charge in [-0.05, 0) is 47.2 Å². The zero-order valence-electron chi connectivity index (χ0n) is 8.27. The number of benzene rings is 1. The number of halogens is 1. The standard InChI is InChI=1S/C10H10IN3O/c1-2-5-14-10(15)8-6-7(11)3-4-9(8)12-13-14/h3-4,6H,2,5H2,1H3. The highest BCUT2D eigenvalue weighted by atomic mass is 127. The van der Waals surface area contributed by atoms with Crippen LogP contribution in [0, 0.1) is 3.57 Å². The number of aromatic nitrogens is 3. The highest BCUT2D eigenvalue weighted by Gasteiger charge is 2.04. The van der Waals surface area contributed by atoms with E-state index in [4.69, 9.17) is 0 Å². The van der Waals surface area contributed by atoms with Gasteiger partial charge in [0.15, 0.2) is 0 Å². The van der Waals surface area contributed by atoms with Crippen molar-refractivity contribution in [3.05, 3.63) is 32.1 Å². The van der Waals surface area contributed by atoms with Gasteiger partial charge in [-0.3, -0.25) is 4.79 Å². The molecule has 0 aliphatic heterocycles. The Labute approximate surface area is 100 Å². The molecule has 4 nitrogen and oxygen atoms in total. The van der Waals surface area contributed by atoms with E-state index in [0.29, 0.717) is 17.4 Å². The number of rotatable bonds is 2. The van der Waals surface area contributed by atoms with E-state index >= 15 is 0 Å². The molecular weight excluding hydrogens is 305 g/mol. The van der Waals surface area contributed by atoms with Gasteiger partial charge in [0, 0.05) is 10.1 Å². The van der Waals surface area contributed by atoms with Crippen LogP contribution in [0.1, 0.15) is 13.3 Å². The van der Waals surface area contributed by atoms with Gasteiger partial charge in [-0.15, -0.1) is 5.10 Å². The molecule has 0 saturated carbocycles. The van der Waals surface area contributed by atoms with Gasteiger partial charge in [0.2, 0.25) is 0 Å². The second kappa shape index (κ2) is 4.26. The van der Waals surface area contributed by atoms with Crippen LogP contribution >= 0.6 is 22.6 Å². The average Bonchev–Trinajstić information content (AvgIpc) is 2.23. The molecule has 78 valence electrons. The van der Waals surface area contributed by atoms with Gasteiger partial charge in [-0.2, -0.15) is 0 Å². The molecule has 2 rings (SSSR count). The molecule has 0 radical (unpaired) electrons. The molecular formula is C10H10IN3O. The molecule has 1 aromatic carbocycles. The first-order valence-corrected chi connectivity index (χ1v) is 5.83. The van der Waals surface area contributed by atoms with Gasteiger partial charge in [0.25, 0.3) is 5.56 Å². The van der Waals surface area contributed by atoms with E-state index in [1.807, 2.05) is 25.1 Å². The van der Waals surface area contributed by atoms with Crippen LogP contribution < -0.4 is 5.56 Å². The maximum Gasteiger partial charge on any atom is 0.277 e. The maximum absolute atomic E-state index is 11.9. The van der Waals surface area contributed by atoms with E-state index in [-0.39, 0.29) is 5.56 Å². The third-order valence-electron chi connectivity index (χ3n) is 2.12. The number of aryl methyl sites for hydroxylation is 1. The third kappa shape index (κ3) is 2.01. The largest absolute Gasteiger partial charge is 0.277 e. The normalized spacial score (nSPS) is 10.8. The van der Waals surface area contributed by atoms with Crippen LogP contribution in [0.15, 0.2) is 23.0 Å². The number of nitrogens with zero attached hydrogens (tertiary/aromatic N) is 3. The lowest BCUT2D eigenvalue weighted by Gasteiger charge is -2.02. The van der Waals surface area contributed by atoms with Crippen LogP contribution in [-0.4, -0.2) is 15.0 Å². The van der Waals surface area contributed by atoms with E-state index in [1.165, 1.54) is 4.68 Å². The number of hydrogen-bond acceptors (Lipinski definition) is 3. The quantitative estimate of drug-likeness (QED) is 0.794. The summed E-state index contributed by atoms with van der Waals surface area (Å²) in [6.45, 7) is 2.63. The fraction of sp³-hybridized carbons (Fsp3) is 0.300. The summed E-state index contributed by atoms with van der Waals surface area (Å²) in [5, 5.41) is 8.53. The topological polar surface area (TPSA) is 47.8 Å². The van der Waals surface area contributed by atoms with Crippen molar-refractivity contribution in [1.82, 2.24) is 15.0 Å². The van der Waals surface area contributed by atoms with Crippen molar-refractivity contribution in [2.75, 3.05) is 0 Å². The molecule has 0 aliphatic carbocycles. The molecule has 0 spiro atoms. The summed E-state index contributed by atoms with van der Waals surface area (Å²) in [6.07, 6.45) is 0.879. The first-order chi connectivity index (χ1) is 7.22. The lowest BCUT2D eigenvalue weighted by Crippen LogP contribution is -2.24. The van der Waals surface area contributed by atoms with Crippen molar-refractivity contribution >= 4 is 33.5 Å². The van der Waals surface area contributed by atoms with Gasteiger partial charge in [-0.25, -0.2) is 4.68 Å². The van der Waals surface area contributed by atoms with Gasteiger partial charge in [-0.1, -0.05) is 12.1 Å². The van der Waals surface area contributed by atoms with Crippen LogP contribution in [0.3, 0.4) is 0 Å². The Morgan fingerprint density at radius 3 is 3.00 bits per heavy atom. The van der Waals surface area contributed by atoms with Crippen molar-refractivity contribution in [3.63, 3.8) is 0 Å². The number of fused-ring (bicyclic) bond motifs is 1. The van der Waals surface area contributed by atoms with E-state index in [2.05, 4.69) is 32.9 Å². The zero-order chi connectivity index (χ0) is 10.8. The van der Waals surface area contributed by atoms with Crippen LogP contribution in [-0.2, 0) is 6.54 Å². The molecule has 0 saturated heterocycles. The van der Waals surface area contributed by atoms with Gasteiger partial charge in [0.1, 0.15) is 5.52 Å². The molecule has 5 heteroatoms. The van der Waals surface area contributed by atoms with Crippen LogP contribution in [0.4, 0.5) is 0 Å². The lowest BCUT2D eigenvalue weighted by atomic mass is 10.2. The lowest BCUT2D eigenvalue weighted by molar-refractivity contribution is 0.541. The van der Waals surface area contributed by atoms with Crippen LogP contribution in [0.25, 0.3) is 10.9 Å². The SMILES string of the molecule is CCCn1nnc2ccc(I)cc2c1=O. The highest BCUT2D eigenvalue weighted by Crippen LogP contribution is 2.10. The third-order valence-corrected chi connectivity index (χ3v) is 2.79. The molecule has 0 atom stereocenters. The monoisotopic (exact) mass is 315 g/mol. The Kier molecular flexibility index (Phi) is 2.99. The molecule has 0 aliphatic rings. The molecule has 1 heterocycles. The van der Waals surface area contributed by atoms with E-state index in [0.717, 1.165) is 9.99 Å². The van der Waals surface area contributed by atoms with E-state index in [1.54, 1.807) is 0 Å². The van der Waals surface area contributed by atoms with Crippen molar-refractivity contribution in [3.8, 4) is 0 Å². The number of hydrogen-bond donors (Lipinski definition) is 0. The molecule has 2 aromatic rings. The molecule has 0 amide bonds. The Morgan fingerprint density at radius 1 is 1.47 bits per heavy atom. The van der Waals surface area contributed by atoms with Crippen molar-refractivity contribution in [1.29, 1.82) is 0 Å². The summed E-state index contributed by atoms with van der Waals surface area (Å²) < 4.78 is 2.45. The summed E-state index contributed by atoms with van der Waals surface area (Å²) in [7, 11) is 0. The second-order valence-electron chi connectivity index (χ2n) is 3.28. The molecule has 0 unspecified atom stereocenters. The van der Waals surface area contributed by atoms with Crippen molar-refractivity contribution in [2.24, 2.45) is 0 Å². The summed E-state index contributed by atoms with van der Waals surface area (Å²) in [5.41, 5.74) is 0.605. The summed E-state index contributed by atoms with van der Waals surface area (Å²) in [5.74, 6) is 0. The minimum absolute atomic E-state index is 0.0552. The van der Waals surface area contributed by atoms with Crippen LogP contribution in [0.2, 0.25) is 0 Å². The van der Waals surface area contributed by atoms with Crippen molar-refractivity contribution in [2.45, 2.75) is 19.9 Å². The second-order valence-corrected chi connectivity index (χ2v) is 4.52. The minimum atomic E-state index is -0.0552. The predicted octanol–water partition coefficient (Wildman–Crippen LogP) is 1.81. The zero-order valence-corrected chi connectivity index (χ0v) is 10.4. The summed E-state index contributed by atoms with van der Waals surface area (Å²) >= 11 is 2.18. The molecule has 0 fully saturated rings. The van der Waals surface area contributed by atoms with Gasteiger partial charge < -0.3 is 0 Å². The molecule has 0 N–H and O–H groups in total. The Bertz CT molecular complexity index is 550. The molecule has 15 heavy (non-hydrogen) atoms. The molecule has 0 bridgehead atoms. The predicted molar refractivity (Wildman–Crippen MR) is 66.8 cm³/mol. The first kappa shape index (κ1) is 10.5. The Morgan fingerprint density at radius 2 is 2.27 bits per heavy atom. The fourth-order valence-electron chi connectivity index (χ4n) is 1.41. The average molecular weight is 315 g/mol. The first-order valence-electron chi connectivity index (χ1n) is 4.75. The van der Waals surface area contributed by atoms with Crippen LogP contribution in [0.5, 0.6) is 0 Å². The smallest absolute Gasteiger partial charge is 0.267 e. The Balaban J connectivity index is 2.71. The van der Waals surface area contributed by atoms with Gasteiger partial charge >= 0.3 is 0 Å². The highest BCUT2D eigenvalue weighted by molar-refractivity contribution is 14.1. The van der Waals surface area contributed by atoms with Gasteiger partial charge in [0.05, 0.1) is 5.39 Å². The van der Waals surface area contributed by atoms with Crippen molar-refractivity contribution < 1.29 is 0 Å². The van der Waals surface area contributed by atoms with E-state index < -0.39 is 0 Å². The summed E-state index contributed by atoms with van der Waals surface area (Å²) in [4.78, 5) is 11.9. The van der Waals surface area contributed by atoms with E-state index in [9.17, 15) is 4.79 Å². The molecule has 1 aromatic heterocycles. The fourth-order valence-corrected chi connectivity index (χ4v) is 1.90. The summed E-state index contributed by atoms with van der Waals surface area (Å²) in [6, 6.07) is 5.59. The Hall–Kier alpha value is -0.980. The maximum atomic E-state index is 11.9.